The molecule has 5 nitrogen and oxygen atoms in total. The Hall–Kier alpha value is -0.470. The number of sulfonamides is 1. The largest absolute Gasteiger partial charge is 0.383 e. The molecule has 0 aliphatic carbocycles. The van der Waals surface area contributed by atoms with Crippen molar-refractivity contribution in [2.45, 2.75) is 11.8 Å². The van der Waals surface area contributed by atoms with Gasteiger partial charge in [-0.05, 0) is 30.7 Å². The predicted molar refractivity (Wildman–Crippen MR) is 86.0 cm³/mol. The van der Waals surface area contributed by atoms with E-state index in [4.69, 9.17) is 4.74 Å². The number of piperazine rings is 1. The Morgan fingerprint density at radius 2 is 1.90 bits per heavy atom. The first-order valence-electron chi connectivity index (χ1n) is 6.93. The van der Waals surface area contributed by atoms with Gasteiger partial charge < -0.3 is 4.74 Å². The average Bonchev–Trinajstić information content (AvgIpc) is 2.48. The summed E-state index contributed by atoms with van der Waals surface area (Å²) in [6.45, 7) is 5.98. The summed E-state index contributed by atoms with van der Waals surface area (Å²) in [5.74, 6) is 0. The highest BCUT2D eigenvalue weighted by atomic mass is 79.9. The molecule has 2 rings (SSSR count). The highest BCUT2D eigenvalue weighted by Gasteiger charge is 2.28. The first-order valence-corrected chi connectivity index (χ1v) is 9.16. The van der Waals surface area contributed by atoms with Gasteiger partial charge in [0.05, 0.1) is 11.5 Å². The molecule has 0 N–H and O–H groups in total. The fraction of sp³-hybridized carbons (Fsp3) is 0.571. The molecule has 1 aromatic rings. The van der Waals surface area contributed by atoms with Crippen LogP contribution >= 0.6 is 15.9 Å². The third-order valence-corrected chi connectivity index (χ3v) is 6.49. The van der Waals surface area contributed by atoms with Crippen molar-refractivity contribution < 1.29 is 13.2 Å². The molecule has 0 unspecified atom stereocenters. The summed E-state index contributed by atoms with van der Waals surface area (Å²) in [5.41, 5.74) is 0.926. The van der Waals surface area contributed by atoms with E-state index >= 15 is 0 Å². The zero-order chi connectivity index (χ0) is 15.5. The number of nitrogens with zero attached hydrogens (tertiary/aromatic N) is 2. The third kappa shape index (κ3) is 4.04. The van der Waals surface area contributed by atoms with Crippen molar-refractivity contribution >= 4 is 26.0 Å². The summed E-state index contributed by atoms with van der Waals surface area (Å²) in [5, 5.41) is 0. The van der Waals surface area contributed by atoms with Gasteiger partial charge in [0.15, 0.2) is 0 Å². The zero-order valence-corrected chi connectivity index (χ0v) is 14.8. The molecule has 1 saturated heterocycles. The van der Waals surface area contributed by atoms with Gasteiger partial charge in [-0.3, -0.25) is 4.90 Å². The van der Waals surface area contributed by atoms with E-state index < -0.39 is 10.0 Å². The molecular weight excluding hydrogens is 356 g/mol. The van der Waals surface area contributed by atoms with E-state index in [0.29, 0.717) is 24.6 Å². The first kappa shape index (κ1) is 16.9. The van der Waals surface area contributed by atoms with E-state index in [1.807, 2.05) is 6.92 Å². The smallest absolute Gasteiger partial charge is 0.243 e. The maximum absolute atomic E-state index is 12.6. The Bertz CT molecular complexity index is 584. The van der Waals surface area contributed by atoms with Crippen LogP contribution < -0.4 is 0 Å². The predicted octanol–water partition coefficient (Wildman–Crippen LogP) is 1.71. The highest BCUT2D eigenvalue weighted by Crippen LogP contribution is 2.23. The van der Waals surface area contributed by atoms with Gasteiger partial charge >= 0.3 is 0 Å². The van der Waals surface area contributed by atoms with Gasteiger partial charge in [-0.2, -0.15) is 4.31 Å². The number of rotatable bonds is 5. The van der Waals surface area contributed by atoms with E-state index in [0.717, 1.165) is 29.7 Å². The van der Waals surface area contributed by atoms with Gasteiger partial charge in [0.2, 0.25) is 10.0 Å². The molecule has 1 fully saturated rings. The average molecular weight is 377 g/mol. The molecule has 118 valence electrons. The maximum Gasteiger partial charge on any atom is 0.243 e. The fourth-order valence-corrected chi connectivity index (χ4v) is 4.10. The lowest BCUT2D eigenvalue weighted by atomic mass is 10.2. The van der Waals surface area contributed by atoms with E-state index in [9.17, 15) is 8.42 Å². The van der Waals surface area contributed by atoms with Crippen LogP contribution in [0.5, 0.6) is 0 Å². The molecule has 7 heteroatoms. The summed E-state index contributed by atoms with van der Waals surface area (Å²) in [6, 6.07) is 5.16. The lowest BCUT2D eigenvalue weighted by Crippen LogP contribution is -2.49. The molecule has 21 heavy (non-hydrogen) atoms. The number of methoxy groups -OCH3 is 1. The quantitative estimate of drug-likeness (QED) is 0.784. The van der Waals surface area contributed by atoms with E-state index in [2.05, 4.69) is 20.8 Å². The number of benzene rings is 1. The Kier molecular flexibility index (Phi) is 5.79. The van der Waals surface area contributed by atoms with Gasteiger partial charge in [-0.1, -0.05) is 15.9 Å². The molecule has 0 saturated carbocycles. The second kappa shape index (κ2) is 7.19. The summed E-state index contributed by atoms with van der Waals surface area (Å²) >= 11 is 3.40. The number of hydrogen-bond acceptors (Lipinski definition) is 4. The molecule has 0 amide bonds. The standard InChI is InChI=1S/C14H21BrN2O3S/c1-12-11-13(3-4-14(12)15)21(18,19)17-7-5-16(6-8-17)9-10-20-2/h3-4,11H,5-10H2,1-2H3. The summed E-state index contributed by atoms with van der Waals surface area (Å²) < 4.78 is 32.8. The minimum Gasteiger partial charge on any atom is -0.383 e. The number of ether oxygens (including phenoxy) is 1. The van der Waals surface area contributed by atoms with Crippen LogP contribution in [0.4, 0.5) is 0 Å². The van der Waals surface area contributed by atoms with Crippen LogP contribution in [-0.2, 0) is 14.8 Å². The minimum atomic E-state index is -3.39. The van der Waals surface area contributed by atoms with Crippen LogP contribution in [0.15, 0.2) is 27.6 Å². The van der Waals surface area contributed by atoms with Crippen LogP contribution in [0, 0.1) is 6.92 Å². The maximum atomic E-state index is 12.6. The number of aryl methyl sites for hydroxylation is 1. The van der Waals surface area contributed by atoms with Crippen LogP contribution in [0.1, 0.15) is 5.56 Å². The van der Waals surface area contributed by atoms with E-state index in [1.54, 1.807) is 29.6 Å². The summed E-state index contributed by atoms with van der Waals surface area (Å²) in [6.07, 6.45) is 0. The summed E-state index contributed by atoms with van der Waals surface area (Å²) in [7, 11) is -1.71. The van der Waals surface area contributed by atoms with Gasteiger partial charge in [0.1, 0.15) is 0 Å². The van der Waals surface area contributed by atoms with Crippen molar-refractivity contribution in [1.82, 2.24) is 9.21 Å². The van der Waals surface area contributed by atoms with Crippen LogP contribution in [0.3, 0.4) is 0 Å². The highest BCUT2D eigenvalue weighted by molar-refractivity contribution is 9.10. The van der Waals surface area contributed by atoms with E-state index in [1.165, 1.54) is 0 Å². The van der Waals surface area contributed by atoms with Crippen molar-refractivity contribution in [2.75, 3.05) is 46.4 Å². The van der Waals surface area contributed by atoms with Gasteiger partial charge in [0, 0.05) is 44.3 Å². The number of hydrogen-bond donors (Lipinski definition) is 0. The Morgan fingerprint density at radius 1 is 1.24 bits per heavy atom. The molecule has 1 heterocycles. The fourth-order valence-electron chi connectivity index (χ4n) is 2.34. The van der Waals surface area contributed by atoms with Crippen molar-refractivity contribution in [1.29, 1.82) is 0 Å². The molecule has 0 aromatic heterocycles. The SMILES string of the molecule is COCCN1CCN(S(=O)(=O)c2ccc(Br)c(C)c2)CC1. The van der Waals surface area contributed by atoms with Crippen molar-refractivity contribution in [2.24, 2.45) is 0 Å². The second-order valence-electron chi connectivity index (χ2n) is 5.15. The van der Waals surface area contributed by atoms with Gasteiger partial charge in [-0.25, -0.2) is 8.42 Å². The normalized spacial score (nSPS) is 18.0. The van der Waals surface area contributed by atoms with Crippen molar-refractivity contribution in [3.8, 4) is 0 Å². The monoisotopic (exact) mass is 376 g/mol. The second-order valence-corrected chi connectivity index (χ2v) is 7.94. The van der Waals surface area contributed by atoms with Crippen molar-refractivity contribution in [3.63, 3.8) is 0 Å². The molecule has 1 aliphatic heterocycles. The van der Waals surface area contributed by atoms with Crippen LogP contribution in [-0.4, -0.2) is 64.1 Å². The Labute approximate surface area is 135 Å². The molecule has 0 bridgehead atoms. The molecule has 0 spiro atoms. The van der Waals surface area contributed by atoms with Gasteiger partial charge in [-0.15, -0.1) is 0 Å². The molecule has 0 radical (unpaired) electrons. The van der Waals surface area contributed by atoms with Gasteiger partial charge in [0.25, 0.3) is 0 Å². The molecule has 1 aromatic carbocycles. The topological polar surface area (TPSA) is 49.9 Å². The molecule has 0 atom stereocenters. The Morgan fingerprint density at radius 3 is 2.48 bits per heavy atom. The first-order chi connectivity index (χ1) is 9.95. The van der Waals surface area contributed by atoms with Crippen LogP contribution in [0.2, 0.25) is 0 Å². The lowest BCUT2D eigenvalue weighted by Gasteiger charge is -2.33. The lowest BCUT2D eigenvalue weighted by molar-refractivity contribution is 0.123. The minimum absolute atomic E-state index is 0.369. The number of halogens is 1. The third-order valence-electron chi connectivity index (χ3n) is 3.71. The Balaban J connectivity index is 2.06. The molecule has 1 aliphatic rings. The zero-order valence-electron chi connectivity index (χ0n) is 12.4. The van der Waals surface area contributed by atoms with Crippen LogP contribution in [0.25, 0.3) is 0 Å². The van der Waals surface area contributed by atoms with Crippen molar-refractivity contribution in [3.05, 3.63) is 28.2 Å². The molecular formula is C14H21BrN2O3S. The van der Waals surface area contributed by atoms with E-state index in [-0.39, 0.29) is 0 Å². The summed E-state index contributed by atoms with van der Waals surface area (Å²) in [4.78, 5) is 2.59.